The fraction of sp³-hybridized carbons (Fsp3) is 0.739. The number of allylic oxidation sites excluding steroid dienone is 8. The zero-order valence-electron chi connectivity index (χ0n) is 69.6. The normalized spacial score (nSPS) is 11.8. The van der Waals surface area contributed by atoms with Crippen LogP contribution < -0.4 is 0 Å². The average molecular weight is 1590 g/mol. The van der Waals surface area contributed by atoms with Crippen LogP contribution in [-0.2, 0) is 39.2 Å². The van der Waals surface area contributed by atoms with Crippen molar-refractivity contribution < 1.29 is 64.1 Å². The van der Waals surface area contributed by atoms with Gasteiger partial charge < -0.3 is 28.1 Å². The first kappa shape index (κ1) is 105. The second kappa shape index (κ2) is 77.0. The van der Waals surface area contributed by atoms with Gasteiger partial charge in [-0.05, 0) is 129 Å². The van der Waals surface area contributed by atoms with Gasteiger partial charge in [-0.1, -0.05) is 369 Å². The van der Waals surface area contributed by atoms with E-state index in [4.69, 9.17) is 18.9 Å². The SMILES string of the molecule is C/C=C/CCCCCCCCCCCCCCCCOC(=O)c1cccc(S(=O)(=O)[O-])c1C(=O)OCCCCCCCCCCCCCCCC/C=C/C.C/C=C/CCCCCCCCCCCCCCCCOC(=O)c1cccc(S(=O)(=O)[O-])c1C(=O)OCCCCCCCCCCCCCCCC/C=C/C.[Ca+2]. The molecule has 0 aromatic heterocycles. The van der Waals surface area contributed by atoms with Gasteiger partial charge in [0.15, 0.2) is 0 Å². The van der Waals surface area contributed by atoms with E-state index < -0.39 is 65.0 Å². The summed E-state index contributed by atoms with van der Waals surface area (Å²) in [5.41, 5.74) is -1.55. The van der Waals surface area contributed by atoms with Gasteiger partial charge >= 0.3 is 61.6 Å². The molecule has 2 rings (SSSR count). The second-order valence-electron chi connectivity index (χ2n) is 30.0. The van der Waals surface area contributed by atoms with Gasteiger partial charge in [-0.15, -0.1) is 0 Å². The predicted molar refractivity (Wildman–Crippen MR) is 452 cm³/mol. The molecular formula is C92H154CaO14S2. The van der Waals surface area contributed by atoms with E-state index in [9.17, 15) is 45.1 Å². The minimum absolute atomic E-state index is 0. The van der Waals surface area contributed by atoms with Crippen LogP contribution in [0.5, 0.6) is 0 Å². The summed E-state index contributed by atoms with van der Waals surface area (Å²) in [6, 6.07) is 7.26. The zero-order valence-corrected chi connectivity index (χ0v) is 73.4. The first-order valence-corrected chi connectivity index (χ1v) is 46.8. The standard InChI is InChI=1S/2C46H78O7S.Ca/c2*1-3-5-7-9-11-13-15-17-19-21-23-25-27-29-31-33-35-40-52-45(47)42-38-37-39-43(54(49,50)51)44(42)46(48)53-41-36-34-32-30-28-26-24-22-20-18-16-14-12-10-8-6-4-2;/h2*3-6,37-39H,7-36,40-41H2,1-2H3,(H,49,50,51);/q;;+2/p-2/b2*5-3+,6-4+;. The maximum atomic E-state index is 13.0. The maximum absolute atomic E-state index is 13.0. The molecular weight excluding hydrogens is 1430 g/mol. The molecule has 0 spiro atoms. The van der Waals surface area contributed by atoms with E-state index in [0.717, 1.165) is 89.2 Å². The van der Waals surface area contributed by atoms with Crippen LogP contribution in [0, 0.1) is 0 Å². The molecule has 0 aliphatic carbocycles. The van der Waals surface area contributed by atoms with Gasteiger partial charge in [-0.3, -0.25) is 0 Å². The summed E-state index contributed by atoms with van der Waals surface area (Å²) < 4.78 is 93.5. The molecule has 2 aromatic rings. The molecule has 0 radical (unpaired) electrons. The summed E-state index contributed by atoms with van der Waals surface area (Å²) in [5, 5.41) is 0. The Labute approximate surface area is 696 Å². The molecule has 0 N–H and O–H groups in total. The molecule has 0 bridgehead atoms. The summed E-state index contributed by atoms with van der Waals surface area (Å²) in [6.45, 7) is 8.83. The first-order valence-electron chi connectivity index (χ1n) is 44.0. The Morgan fingerprint density at radius 3 is 0.578 bits per heavy atom. The molecule has 2 aromatic carbocycles. The fourth-order valence-electron chi connectivity index (χ4n) is 13.8. The van der Waals surface area contributed by atoms with Gasteiger partial charge in [0, 0.05) is 0 Å². The number of carbonyl (C=O) groups excluding carboxylic acids is 4. The van der Waals surface area contributed by atoms with Crippen LogP contribution >= 0.6 is 0 Å². The smallest absolute Gasteiger partial charge is 0.744 e. The largest absolute Gasteiger partial charge is 2.00 e. The molecule has 0 fully saturated rings. The fourth-order valence-corrected chi connectivity index (χ4v) is 15.2. The molecule has 0 aliphatic heterocycles. The van der Waals surface area contributed by atoms with Crippen LogP contribution in [0.1, 0.15) is 454 Å². The quantitative estimate of drug-likeness (QED) is 0.0150. The van der Waals surface area contributed by atoms with E-state index in [2.05, 4.69) is 76.3 Å². The summed E-state index contributed by atoms with van der Waals surface area (Å²) >= 11 is 0. The van der Waals surface area contributed by atoms with Crippen molar-refractivity contribution in [2.75, 3.05) is 26.4 Å². The summed E-state index contributed by atoms with van der Waals surface area (Å²) in [4.78, 5) is 50.4. The Balaban J connectivity index is 0.00000212. The van der Waals surface area contributed by atoms with Crippen molar-refractivity contribution in [1.29, 1.82) is 0 Å². The molecule has 0 saturated carbocycles. The van der Waals surface area contributed by atoms with Crippen molar-refractivity contribution in [2.45, 2.75) is 423 Å². The Hall–Kier alpha value is -3.64. The van der Waals surface area contributed by atoms with Crippen molar-refractivity contribution in [3.63, 3.8) is 0 Å². The van der Waals surface area contributed by atoms with Gasteiger partial charge in [-0.2, -0.15) is 0 Å². The van der Waals surface area contributed by atoms with Crippen LogP contribution in [-0.4, -0.2) is 114 Å². The van der Waals surface area contributed by atoms with E-state index in [1.165, 1.54) is 307 Å². The molecule has 0 atom stereocenters. The van der Waals surface area contributed by atoms with Crippen molar-refractivity contribution >= 4 is 81.9 Å². The van der Waals surface area contributed by atoms with E-state index in [1.54, 1.807) is 0 Å². The number of carbonyl (C=O) groups is 4. The van der Waals surface area contributed by atoms with Crippen LogP contribution in [0.3, 0.4) is 0 Å². The molecule has 0 heterocycles. The number of unbranched alkanes of at least 4 members (excludes halogenated alkanes) is 56. The summed E-state index contributed by atoms with van der Waals surface area (Å²) in [5.74, 6) is -3.61. The third kappa shape index (κ3) is 62.4. The van der Waals surface area contributed by atoms with Crippen molar-refractivity contribution in [3.8, 4) is 0 Å². The number of benzene rings is 2. The number of hydrogen-bond acceptors (Lipinski definition) is 14. The van der Waals surface area contributed by atoms with E-state index in [0.29, 0.717) is 25.7 Å². The second-order valence-corrected chi connectivity index (χ2v) is 32.7. The molecule has 14 nitrogen and oxygen atoms in total. The summed E-state index contributed by atoms with van der Waals surface area (Å²) in [6.07, 6.45) is 89.7. The molecule has 620 valence electrons. The number of hydrogen-bond donors (Lipinski definition) is 0. The molecule has 17 heteroatoms. The predicted octanol–water partition coefficient (Wildman–Crippen LogP) is 27.1. The number of ether oxygens (including phenoxy) is 4. The molecule has 0 saturated heterocycles. The van der Waals surface area contributed by atoms with E-state index in [1.807, 2.05) is 0 Å². The average Bonchev–Trinajstić information content (AvgIpc) is 0.798. The summed E-state index contributed by atoms with van der Waals surface area (Å²) in [7, 11) is -10.0. The number of esters is 4. The van der Waals surface area contributed by atoms with Gasteiger partial charge in [0.25, 0.3) is 0 Å². The Bertz CT molecular complexity index is 2670. The van der Waals surface area contributed by atoms with Gasteiger partial charge in [-0.25, -0.2) is 36.0 Å². The van der Waals surface area contributed by atoms with Gasteiger partial charge in [0.05, 0.1) is 58.5 Å². The maximum Gasteiger partial charge on any atom is 2.00 e. The topological polar surface area (TPSA) is 220 Å². The number of rotatable bonds is 74. The Morgan fingerprint density at radius 2 is 0.413 bits per heavy atom. The first-order chi connectivity index (χ1) is 52.6. The minimum Gasteiger partial charge on any atom is -0.744 e. The molecule has 109 heavy (non-hydrogen) atoms. The van der Waals surface area contributed by atoms with Crippen molar-refractivity contribution in [2.24, 2.45) is 0 Å². The Kier molecular flexibility index (Phi) is 74.4. The van der Waals surface area contributed by atoms with Crippen LogP contribution in [0.25, 0.3) is 0 Å². The van der Waals surface area contributed by atoms with Gasteiger partial charge in [0.1, 0.15) is 20.2 Å². The zero-order chi connectivity index (χ0) is 78.8. The third-order valence-corrected chi connectivity index (χ3v) is 22.1. The molecule has 0 unspecified atom stereocenters. The van der Waals surface area contributed by atoms with Crippen LogP contribution in [0.4, 0.5) is 0 Å². The van der Waals surface area contributed by atoms with Crippen molar-refractivity contribution in [3.05, 3.63) is 107 Å². The van der Waals surface area contributed by atoms with Crippen LogP contribution in [0.15, 0.2) is 94.8 Å². The van der Waals surface area contributed by atoms with Crippen molar-refractivity contribution in [1.82, 2.24) is 0 Å². The minimum atomic E-state index is -5.01. The monoisotopic (exact) mass is 1590 g/mol. The molecule has 0 aliphatic rings. The van der Waals surface area contributed by atoms with E-state index >= 15 is 0 Å². The van der Waals surface area contributed by atoms with Gasteiger partial charge in [0.2, 0.25) is 0 Å². The third-order valence-electron chi connectivity index (χ3n) is 20.4. The van der Waals surface area contributed by atoms with E-state index in [-0.39, 0.29) is 75.3 Å². The molecule has 0 amide bonds. The van der Waals surface area contributed by atoms with Crippen LogP contribution in [0.2, 0.25) is 0 Å². The Morgan fingerprint density at radius 1 is 0.257 bits per heavy atom.